The number of rotatable bonds is 4. The summed E-state index contributed by atoms with van der Waals surface area (Å²) in [6.07, 6.45) is 9.78. The lowest BCUT2D eigenvalue weighted by Gasteiger charge is -1.95. The average Bonchev–Trinajstić information content (AvgIpc) is 2.20. The molecule has 0 saturated carbocycles. The van der Waals surface area contributed by atoms with E-state index >= 15 is 0 Å². The lowest BCUT2D eigenvalue weighted by atomic mass is 10.3. The Morgan fingerprint density at radius 1 is 1.64 bits per heavy atom. The molecule has 0 bridgehead atoms. The Kier molecular flexibility index (Phi) is 8.62. The van der Waals surface area contributed by atoms with Crippen molar-refractivity contribution in [2.45, 2.75) is 12.8 Å². The predicted octanol–water partition coefficient (Wildman–Crippen LogP) is 0.827. The molecule has 0 aromatic carbocycles. The summed E-state index contributed by atoms with van der Waals surface area (Å²) in [5, 5.41) is 10.7. The van der Waals surface area contributed by atoms with Crippen molar-refractivity contribution in [3.8, 4) is 18.5 Å². The number of aliphatic imine (C=N–C) groups is 2. The Morgan fingerprint density at radius 2 is 2.43 bits per heavy atom. The first-order valence-electron chi connectivity index (χ1n) is 4.11. The van der Waals surface area contributed by atoms with Crippen LogP contribution in [-0.4, -0.2) is 24.5 Å². The number of nitrogens with one attached hydrogen (secondary N) is 1. The summed E-state index contributed by atoms with van der Waals surface area (Å²) in [6, 6.07) is 0. The molecule has 0 aliphatic heterocycles. The van der Waals surface area contributed by atoms with E-state index < -0.39 is 0 Å². The van der Waals surface area contributed by atoms with E-state index in [-0.39, 0.29) is 0 Å². The van der Waals surface area contributed by atoms with Gasteiger partial charge in [0.15, 0.2) is 6.19 Å². The molecule has 74 valence electrons. The molecule has 0 atom stereocenters. The molecular weight excluding hydrogens is 196 g/mol. The van der Waals surface area contributed by atoms with Gasteiger partial charge in [0.05, 0.1) is 6.54 Å². The number of hydrogen-bond acceptors (Lipinski definition) is 3. The van der Waals surface area contributed by atoms with Crippen molar-refractivity contribution in [2.75, 3.05) is 12.3 Å². The third kappa shape index (κ3) is 7.20. The second-order valence-corrected chi connectivity index (χ2v) is 2.67. The predicted molar refractivity (Wildman–Crippen MR) is 61.5 cm³/mol. The number of thiol groups is 1. The van der Waals surface area contributed by atoms with E-state index in [1.165, 1.54) is 0 Å². The van der Waals surface area contributed by atoms with Crippen molar-refractivity contribution in [2.24, 2.45) is 9.98 Å². The number of hydrogen-bond donors (Lipinski definition) is 2. The van der Waals surface area contributed by atoms with Crippen molar-refractivity contribution < 1.29 is 0 Å². The van der Waals surface area contributed by atoms with Crippen molar-refractivity contribution in [1.29, 1.82) is 5.26 Å². The lowest BCUT2D eigenvalue weighted by Crippen LogP contribution is -2.16. The summed E-state index contributed by atoms with van der Waals surface area (Å²) in [6.45, 7) is 0.527. The topological polar surface area (TPSA) is 60.5 Å². The van der Waals surface area contributed by atoms with Gasteiger partial charge in [0.2, 0.25) is 5.96 Å². The number of nitriles is 1. The van der Waals surface area contributed by atoms with Gasteiger partial charge in [-0.25, -0.2) is 9.98 Å². The monoisotopic (exact) mass is 208 g/mol. The fourth-order valence-corrected chi connectivity index (χ4v) is 0.717. The Hall–Kier alpha value is -1.46. The van der Waals surface area contributed by atoms with Crippen LogP contribution >= 0.6 is 12.6 Å². The van der Waals surface area contributed by atoms with Gasteiger partial charge in [-0.05, 0) is 6.42 Å². The van der Waals surface area contributed by atoms with Gasteiger partial charge in [-0.15, -0.1) is 12.3 Å². The van der Waals surface area contributed by atoms with E-state index in [0.29, 0.717) is 31.1 Å². The van der Waals surface area contributed by atoms with Gasteiger partial charge in [0, 0.05) is 18.4 Å². The van der Waals surface area contributed by atoms with E-state index in [2.05, 4.69) is 33.9 Å². The molecule has 0 amide bonds. The van der Waals surface area contributed by atoms with Gasteiger partial charge < -0.3 is 0 Å². The third-order valence-corrected chi connectivity index (χ3v) is 1.36. The molecule has 0 aliphatic rings. The summed E-state index contributed by atoms with van der Waals surface area (Å²) in [4.78, 5) is 7.94. The van der Waals surface area contributed by atoms with E-state index in [4.69, 9.17) is 11.7 Å². The van der Waals surface area contributed by atoms with Crippen LogP contribution in [0.1, 0.15) is 12.8 Å². The molecule has 0 saturated heterocycles. The maximum absolute atomic E-state index is 8.37. The van der Waals surface area contributed by atoms with Crippen LogP contribution in [0.25, 0.3) is 0 Å². The van der Waals surface area contributed by atoms with Gasteiger partial charge in [-0.2, -0.15) is 17.9 Å². The SMILES string of the molecule is C#CCCC=NC(=NCCS)NC#N. The highest BCUT2D eigenvalue weighted by Gasteiger charge is 1.90. The standard InChI is InChI=1S/C9H12N4S/c1-2-3-4-5-11-9(13-8-10)12-6-7-14/h1,5,14H,3-4,6-7H2,(H,12,13). The molecule has 0 fully saturated rings. The Morgan fingerprint density at radius 3 is 3.00 bits per heavy atom. The maximum Gasteiger partial charge on any atom is 0.231 e. The summed E-state index contributed by atoms with van der Waals surface area (Å²) in [7, 11) is 0. The highest BCUT2D eigenvalue weighted by molar-refractivity contribution is 7.80. The zero-order valence-electron chi connectivity index (χ0n) is 7.77. The third-order valence-electron chi connectivity index (χ3n) is 1.16. The van der Waals surface area contributed by atoms with Gasteiger partial charge in [-0.3, -0.25) is 5.32 Å². The molecule has 5 heteroatoms. The van der Waals surface area contributed by atoms with Crippen LogP contribution < -0.4 is 5.32 Å². The highest BCUT2D eigenvalue weighted by atomic mass is 32.1. The molecule has 0 spiro atoms. The van der Waals surface area contributed by atoms with E-state index in [9.17, 15) is 0 Å². The summed E-state index contributed by atoms with van der Waals surface area (Å²) in [5.41, 5.74) is 0. The number of guanidine groups is 1. The maximum atomic E-state index is 8.37. The van der Waals surface area contributed by atoms with Gasteiger partial charge in [0.1, 0.15) is 0 Å². The zero-order valence-corrected chi connectivity index (χ0v) is 8.67. The van der Waals surface area contributed by atoms with Crippen molar-refractivity contribution >= 4 is 24.8 Å². The molecule has 1 N–H and O–H groups in total. The average molecular weight is 208 g/mol. The Balaban J connectivity index is 4.03. The minimum atomic E-state index is 0.304. The Bertz CT molecular complexity index is 282. The van der Waals surface area contributed by atoms with Gasteiger partial charge in [0.25, 0.3) is 0 Å². The van der Waals surface area contributed by atoms with Crippen LogP contribution in [-0.2, 0) is 0 Å². The lowest BCUT2D eigenvalue weighted by molar-refractivity contribution is 1.09. The summed E-state index contributed by atoms with van der Waals surface area (Å²) in [5.74, 6) is 3.41. The van der Waals surface area contributed by atoms with E-state index in [0.717, 1.165) is 0 Å². The highest BCUT2D eigenvalue weighted by Crippen LogP contribution is 1.84. The molecule has 0 radical (unpaired) electrons. The van der Waals surface area contributed by atoms with Crippen LogP contribution in [0.3, 0.4) is 0 Å². The number of terminal acetylenes is 1. The second-order valence-electron chi connectivity index (χ2n) is 2.22. The normalized spacial score (nSPS) is 10.9. The quantitative estimate of drug-likeness (QED) is 0.137. The molecule has 0 aromatic rings. The van der Waals surface area contributed by atoms with Crippen LogP contribution in [0.4, 0.5) is 0 Å². The van der Waals surface area contributed by atoms with Crippen molar-refractivity contribution in [3.63, 3.8) is 0 Å². The first kappa shape index (κ1) is 12.5. The van der Waals surface area contributed by atoms with Crippen molar-refractivity contribution in [3.05, 3.63) is 0 Å². The number of nitrogens with zero attached hydrogens (tertiary/aromatic N) is 3. The summed E-state index contributed by atoms with van der Waals surface area (Å²) >= 11 is 3.99. The molecule has 0 aliphatic carbocycles. The second kappa shape index (κ2) is 9.63. The molecular formula is C9H12N4S. The van der Waals surface area contributed by atoms with Gasteiger partial charge >= 0.3 is 0 Å². The molecule has 0 rings (SSSR count). The van der Waals surface area contributed by atoms with Crippen LogP contribution in [0.5, 0.6) is 0 Å². The van der Waals surface area contributed by atoms with Crippen LogP contribution in [0.2, 0.25) is 0 Å². The Labute approximate surface area is 89.5 Å². The largest absolute Gasteiger partial charge is 0.261 e. The fraction of sp³-hybridized carbons (Fsp3) is 0.444. The van der Waals surface area contributed by atoms with E-state index in [1.54, 1.807) is 12.4 Å². The number of unbranched alkanes of at least 4 members (excludes halogenated alkanes) is 1. The summed E-state index contributed by atoms with van der Waals surface area (Å²) < 4.78 is 0. The minimum absolute atomic E-state index is 0.304. The fourth-order valence-electron chi connectivity index (χ4n) is 0.617. The van der Waals surface area contributed by atoms with Gasteiger partial charge in [-0.1, -0.05) is 0 Å². The molecule has 14 heavy (non-hydrogen) atoms. The molecule has 0 heterocycles. The van der Waals surface area contributed by atoms with Crippen LogP contribution in [0, 0.1) is 23.8 Å². The first-order valence-corrected chi connectivity index (χ1v) is 4.74. The van der Waals surface area contributed by atoms with Crippen molar-refractivity contribution in [1.82, 2.24) is 5.32 Å². The molecule has 0 aromatic heterocycles. The minimum Gasteiger partial charge on any atom is -0.261 e. The smallest absolute Gasteiger partial charge is 0.231 e. The zero-order chi connectivity index (χ0) is 10.6. The van der Waals surface area contributed by atoms with Crippen LogP contribution in [0.15, 0.2) is 9.98 Å². The molecule has 0 unspecified atom stereocenters. The molecule has 4 nitrogen and oxygen atoms in total. The first-order chi connectivity index (χ1) is 6.85. The van der Waals surface area contributed by atoms with E-state index in [1.807, 2.05) is 0 Å².